The molecule has 3 aliphatic rings. The first kappa shape index (κ1) is 15.9. The number of Topliss-reactive ketones (excluding diaryl/α,β-unsaturated/α-hetero) is 1. The fourth-order valence-corrected chi connectivity index (χ4v) is 5.24. The van der Waals surface area contributed by atoms with E-state index in [1.54, 1.807) is 0 Å². The van der Waals surface area contributed by atoms with Crippen molar-refractivity contribution in [1.29, 1.82) is 0 Å². The van der Waals surface area contributed by atoms with Crippen molar-refractivity contribution < 1.29 is 14.3 Å². The van der Waals surface area contributed by atoms with E-state index in [9.17, 15) is 4.79 Å². The average Bonchev–Trinajstić information content (AvgIpc) is 3.06. The van der Waals surface area contributed by atoms with E-state index in [2.05, 4.69) is 13.2 Å². The Balaban J connectivity index is 1.94. The molecule has 122 valence electrons. The Morgan fingerprint density at radius 1 is 1.27 bits per heavy atom. The van der Waals surface area contributed by atoms with Gasteiger partial charge in [0, 0.05) is 24.7 Å². The molecule has 0 radical (unpaired) electrons. The summed E-state index contributed by atoms with van der Waals surface area (Å²) >= 11 is 0. The van der Waals surface area contributed by atoms with Crippen molar-refractivity contribution in [3.05, 3.63) is 24.8 Å². The van der Waals surface area contributed by atoms with Crippen molar-refractivity contribution in [2.24, 2.45) is 17.3 Å². The van der Waals surface area contributed by atoms with Crippen molar-refractivity contribution in [2.45, 2.75) is 57.7 Å². The topological polar surface area (TPSA) is 35.5 Å². The van der Waals surface area contributed by atoms with Gasteiger partial charge in [0.2, 0.25) is 0 Å². The van der Waals surface area contributed by atoms with Gasteiger partial charge in [0.05, 0.1) is 13.2 Å². The summed E-state index contributed by atoms with van der Waals surface area (Å²) in [6.45, 7) is 11.1. The summed E-state index contributed by atoms with van der Waals surface area (Å²) in [6.07, 6.45) is 8.71. The SMILES string of the molecule is C=CCC12CCCC(C(=O)CC(=C)C)C1C1(CC2)OCCO1. The maximum atomic E-state index is 12.8. The van der Waals surface area contributed by atoms with Crippen LogP contribution in [0.1, 0.15) is 51.9 Å². The molecular formula is C19H28O3. The third-order valence-electron chi connectivity index (χ3n) is 5.91. The fourth-order valence-electron chi connectivity index (χ4n) is 5.24. The van der Waals surface area contributed by atoms with Crippen LogP contribution in [0.5, 0.6) is 0 Å². The summed E-state index contributed by atoms with van der Waals surface area (Å²) in [6, 6.07) is 0. The molecule has 0 bridgehead atoms. The Labute approximate surface area is 133 Å². The van der Waals surface area contributed by atoms with Crippen LogP contribution in [0.25, 0.3) is 0 Å². The van der Waals surface area contributed by atoms with Gasteiger partial charge in [0.15, 0.2) is 5.79 Å². The molecule has 3 rings (SSSR count). The van der Waals surface area contributed by atoms with Crippen LogP contribution in [0.2, 0.25) is 0 Å². The van der Waals surface area contributed by atoms with Crippen molar-refractivity contribution in [3.63, 3.8) is 0 Å². The summed E-state index contributed by atoms with van der Waals surface area (Å²) in [4.78, 5) is 12.8. The lowest BCUT2D eigenvalue weighted by Crippen LogP contribution is -2.50. The highest BCUT2D eigenvalue weighted by Gasteiger charge is 2.63. The van der Waals surface area contributed by atoms with Crippen LogP contribution in [0, 0.1) is 17.3 Å². The number of ether oxygens (including phenoxy) is 2. The molecular weight excluding hydrogens is 276 g/mol. The third kappa shape index (κ3) is 2.48. The van der Waals surface area contributed by atoms with Gasteiger partial charge in [0.1, 0.15) is 5.78 Å². The highest BCUT2D eigenvalue weighted by atomic mass is 16.7. The Morgan fingerprint density at radius 3 is 2.64 bits per heavy atom. The lowest BCUT2D eigenvalue weighted by atomic mass is 9.59. The van der Waals surface area contributed by atoms with E-state index < -0.39 is 5.79 Å². The second kappa shape index (κ2) is 5.93. The molecule has 3 atom stereocenters. The van der Waals surface area contributed by atoms with E-state index in [-0.39, 0.29) is 17.3 Å². The molecule has 0 N–H and O–H groups in total. The summed E-state index contributed by atoms with van der Waals surface area (Å²) < 4.78 is 12.2. The second-order valence-corrected chi connectivity index (χ2v) is 7.44. The van der Waals surface area contributed by atoms with Crippen LogP contribution in [0.3, 0.4) is 0 Å². The Bertz CT molecular complexity index is 475. The quantitative estimate of drug-likeness (QED) is 0.719. The first-order valence-electron chi connectivity index (χ1n) is 8.59. The Kier molecular flexibility index (Phi) is 4.30. The van der Waals surface area contributed by atoms with Crippen molar-refractivity contribution >= 4 is 5.78 Å². The fraction of sp³-hybridized carbons (Fsp3) is 0.737. The summed E-state index contributed by atoms with van der Waals surface area (Å²) in [5.74, 6) is 0.0388. The number of hydrogen-bond acceptors (Lipinski definition) is 3. The lowest BCUT2D eigenvalue weighted by Gasteiger charge is -2.47. The minimum Gasteiger partial charge on any atom is -0.347 e. The van der Waals surface area contributed by atoms with E-state index in [1.807, 2.05) is 13.0 Å². The number of fused-ring (bicyclic) bond motifs is 2. The molecule has 3 fully saturated rings. The molecule has 3 nitrogen and oxygen atoms in total. The molecule has 0 aromatic rings. The molecule has 2 saturated carbocycles. The predicted molar refractivity (Wildman–Crippen MR) is 86.4 cm³/mol. The largest absolute Gasteiger partial charge is 0.347 e. The predicted octanol–water partition coefficient (Wildman–Crippen LogP) is 4.04. The van der Waals surface area contributed by atoms with E-state index in [0.29, 0.717) is 25.4 Å². The maximum Gasteiger partial charge on any atom is 0.172 e. The average molecular weight is 304 g/mol. The Hall–Kier alpha value is -0.930. The van der Waals surface area contributed by atoms with Crippen molar-refractivity contribution in [1.82, 2.24) is 0 Å². The number of rotatable bonds is 5. The molecule has 3 heteroatoms. The number of allylic oxidation sites excluding steroid dienone is 2. The minimum atomic E-state index is -0.515. The molecule has 3 unspecified atom stereocenters. The number of carbonyl (C=O) groups is 1. The monoisotopic (exact) mass is 304 g/mol. The van der Waals surface area contributed by atoms with Crippen LogP contribution in [0.15, 0.2) is 24.8 Å². The van der Waals surface area contributed by atoms with Gasteiger partial charge in [-0.3, -0.25) is 4.79 Å². The number of carbonyl (C=O) groups excluding carboxylic acids is 1. The third-order valence-corrected chi connectivity index (χ3v) is 5.91. The van der Waals surface area contributed by atoms with Crippen LogP contribution in [-0.2, 0) is 14.3 Å². The van der Waals surface area contributed by atoms with Crippen LogP contribution in [-0.4, -0.2) is 24.8 Å². The van der Waals surface area contributed by atoms with Gasteiger partial charge in [-0.15, -0.1) is 6.58 Å². The normalized spacial score (nSPS) is 36.2. The van der Waals surface area contributed by atoms with Gasteiger partial charge in [-0.05, 0) is 38.0 Å². The molecule has 0 amide bonds. The van der Waals surface area contributed by atoms with Crippen LogP contribution < -0.4 is 0 Å². The highest BCUT2D eigenvalue weighted by molar-refractivity contribution is 5.83. The lowest BCUT2D eigenvalue weighted by molar-refractivity contribution is -0.214. The molecule has 0 aromatic heterocycles. The zero-order valence-corrected chi connectivity index (χ0v) is 13.7. The summed E-state index contributed by atoms with van der Waals surface area (Å²) in [5, 5.41) is 0. The summed E-state index contributed by atoms with van der Waals surface area (Å²) in [5.41, 5.74) is 1.09. The molecule has 0 aromatic carbocycles. The van der Waals surface area contributed by atoms with Crippen molar-refractivity contribution in [2.75, 3.05) is 13.2 Å². The molecule has 1 spiro atoms. The molecule has 1 aliphatic heterocycles. The number of hydrogen-bond donors (Lipinski definition) is 0. The minimum absolute atomic E-state index is 0.0472. The molecule has 1 saturated heterocycles. The van der Waals surface area contributed by atoms with E-state index >= 15 is 0 Å². The zero-order chi connectivity index (χ0) is 15.8. The first-order valence-corrected chi connectivity index (χ1v) is 8.59. The van der Waals surface area contributed by atoms with E-state index in [4.69, 9.17) is 9.47 Å². The Morgan fingerprint density at radius 2 is 2.00 bits per heavy atom. The van der Waals surface area contributed by atoms with Gasteiger partial charge in [-0.25, -0.2) is 0 Å². The van der Waals surface area contributed by atoms with Crippen LogP contribution in [0.4, 0.5) is 0 Å². The standard InChI is InChI=1S/C19H28O3/c1-4-7-18-8-5-6-15(16(20)13-14(2)3)17(18)19(10-9-18)21-11-12-22-19/h4,15,17H,1-2,5-13H2,3H3. The van der Waals surface area contributed by atoms with Gasteiger partial charge in [-0.1, -0.05) is 24.6 Å². The van der Waals surface area contributed by atoms with E-state index in [1.165, 1.54) is 0 Å². The van der Waals surface area contributed by atoms with Gasteiger partial charge < -0.3 is 9.47 Å². The van der Waals surface area contributed by atoms with E-state index in [0.717, 1.165) is 44.1 Å². The molecule has 22 heavy (non-hydrogen) atoms. The zero-order valence-electron chi connectivity index (χ0n) is 13.7. The number of ketones is 1. The molecule has 2 aliphatic carbocycles. The maximum absolute atomic E-state index is 12.8. The highest BCUT2D eigenvalue weighted by Crippen LogP contribution is 2.63. The molecule has 1 heterocycles. The van der Waals surface area contributed by atoms with Crippen molar-refractivity contribution in [3.8, 4) is 0 Å². The van der Waals surface area contributed by atoms with Gasteiger partial charge in [0.25, 0.3) is 0 Å². The van der Waals surface area contributed by atoms with Crippen LogP contribution >= 0.6 is 0 Å². The first-order chi connectivity index (χ1) is 10.5. The second-order valence-electron chi connectivity index (χ2n) is 7.44. The summed E-state index contributed by atoms with van der Waals surface area (Å²) in [7, 11) is 0. The van der Waals surface area contributed by atoms with Gasteiger partial charge >= 0.3 is 0 Å². The van der Waals surface area contributed by atoms with Gasteiger partial charge in [-0.2, -0.15) is 0 Å². The smallest absolute Gasteiger partial charge is 0.172 e.